The fraction of sp³-hybridized carbons (Fsp3) is 0. The monoisotopic (exact) mass is 224 g/mol. The summed E-state index contributed by atoms with van der Waals surface area (Å²) in [5.41, 5.74) is 0.562. The molecule has 0 spiro atoms. The van der Waals surface area contributed by atoms with E-state index in [1.807, 2.05) is 0 Å². The van der Waals surface area contributed by atoms with E-state index in [0.29, 0.717) is 10.7 Å². The fourth-order valence-electron chi connectivity index (χ4n) is 1.09. The summed E-state index contributed by atoms with van der Waals surface area (Å²) in [4.78, 5) is 10.7. The van der Waals surface area contributed by atoms with Gasteiger partial charge in [-0.05, 0) is 28.6 Å². The van der Waals surface area contributed by atoms with E-state index < -0.39 is 5.97 Å². The summed E-state index contributed by atoms with van der Waals surface area (Å²) in [6, 6.07) is 4.31. The normalized spacial score (nSPS) is 10.2. The Morgan fingerprint density at radius 2 is 2.27 bits per heavy atom. The molecule has 1 heterocycles. The maximum Gasteiger partial charge on any atom is 0.335 e. The summed E-state index contributed by atoms with van der Waals surface area (Å²) < 4.78 is 1.30. The second-order valence-electron chi connectivity index (χ2n) is 2.73. The highest BCUT2D eigenvalue weighted by Crippen LogP contribution is 2.20. The van der Waals surface area contributed by atoms with Gasteiger partial charge in [0.25, 0.3) is 0 Å². The fourth-order valence-corrected chi connectivity index (χ4v) is 1.30. The second kappa shape index (κ2) is 3.66. The van der Waals surface area contributed by atoms with Crippen molar-refractivity contribution in [2.75, 3.05) is 0 Å². The first-order valence-corrected chi connectivity index (χ1v) is 4.32. The van der Waals surface area contributed by atoms with E-state index in [4.69, 9.17) is 16.7 Å². The Bertz CT molecular complexity index is 497. The van der Waals surface area contributed by atoms with Crippen molar-refractivity contribution in [2.24, 2.45) is 0 Å². The van der Waals surface area contributed by atoms with Crippen molar-refractivity contribution in [1.82, 2.24) is 20.2 Å². The predicted octanol–water partition coefficient (Wildman–Crippen LogP) is 1.01. The minimum absolute atomic E-state index is 0.130. The molecule has 0 saturated carbocycles. The van der Waals surface area contributed by atoms with Crippen LogP contribution in [0.4, 0.5) is 0 Å². The van der Waals surface area contributed by atoms with E-state index in [0.717, 1.165) is 0 Å². The summed E-state index contributed by atoms with van der Waals surface area (Å²) in [7, 11) is 0. The van der Waals surface area contributed by atoms with Gasteiger partial charge >= 0.3 is 5.97 Å². The van der Waals surface area contributed by atoms with E-state index >= 15 is 0 Å². The molecule has 2 aromatic rings. The molecule has 15 heavy (non-hydrogen) atoms. The first kappa shape index (κ1) is 9.60. The third-order valence-corrected chi connectivity index (χ3v) is 2.11. The van der Waals surface area contributed by atoms with Crippen LogP contribution < -0.4 is 0 Å². The highest BCUT2D eigenvalue weighted by atomic mass is 35.5. The maximum absolute atomic E-state index is 10.7. The van der Waals surface area contributed by atoms with Crippen molar-refractivity contribution in [3.05, 3.63) is 35.1 Å². The van der Waals surface area contributed by atoms with Crippen LogP contribution in [-0.4, -0.2) is 31.3 Å². The summed E-state index contributed by atoms with van der Waals surface area (Å²) >= 11 is 5.88. The number of rotatable bonds is 2. The summed E-state index contributed by atoms with van der Waals surface area (Å²) in [6.45, 7) is 0. The second-order valence-corrected chi connectivity index (χ2v) is 3.13. The molecule has 2 rings (SSSR count). The molecule has 1 aromatic heterocycles. The van der Waals surface area contributed by atoms with E-state index in [-0.39, 0.29) is 5.56 Å². The molecule has 0 unspecified atom stereocenters. The molecule has 0 radical (unpaired) electrons. The molecule has 0 aliphatic heterocycles. The predicted molar refractivity (Wildman–Crippen MR) is 51.1 cm³/mol. The Balaban J connectivity index is 2.55. The van der Waals surface area contributed by atoms with Crippen molar-refractivity contribution in [1.29, 1.82) is 0 Å². The molecule has 0 fully saturated rings. The van der Waals surface area contributed by atoms with Gasteiger partial charge in [0.2, 0.25) is 0 Å². The number of carboxylic acids is 1. The molecular weight excluding hydrogens is 220 g/mol. The Morgan fingerprint density at radius 3 is 2.87 bits per heavy atom. The number of tetrazole rings is 1. The minimum atomic E-state index is -1.03. The number of hydrogen-bond acceptors (Lipinski definition) is 4. The molecule has 0 bridgehead atoms. The third-order valence-electron chi connectivity index (χ3n) is 1.79. The van der Waals surface area contributed by atoms with Gasteiger partial charge in [-0.15, -0.1) is 5.10 Å². The Kier molecular flexibility index (Phi) is 2.34. The molecular formula is C8H5ClN4O2. The lowest BCUT2D eigenvalue weighted by atomic mass is 10.2. The molecule has 7 heteroatoms. The van der Waals surface area contributed by atoms with Crippen LogP contribution in [0, 0.1) is 0 Å². The van der Waals surface area contributed by atoms with Gasteiger partial charge in [0.15, 0.2) is 0 Å². The van der Waals surface area contributed by atoms with Crippen LogP contribution in [0.3, 0.4) is 0 Å². The van der Waals surface area contributed by atoms with Crippen LogP contribution in [0.15, 0.2) is 24.5 Å². The Hall–Kier alpha value is -1.95. The van der Waals surface area contributed by atoms with Gasteiger partial charge in [0.05, 0.1) is 16.3 Å². The maximum atomic E-state index is 10.7. The van der Waals surface area contributed by atoms with Crippen LogP contribution in [0.2, 0.25) is 5.02 Å². The quantitative estimate of drug-likeness (QED) is 0.824. The van der Waals surface area contributed by atoms with Crippen molar-refractivity contribution in [2.45, 2.75) is 0 Å². The van der Waals surface area contributed by atoms with E-state index in [9.17, 15) is 4.79 Å². The number of carboxylic acid groups (broad SMARTS) is 1. The lowest BCUT2D eigenvalue weighted by Crippen LogP contribution is -2.01. The summed E-state index contributed by atoms with van der Waals surface area (Å²) in [5, 5.41) is 19.7. The van der Waals surface area contributed by atoms with Gasteiger partial charge in [-0.2, -0.15) is 4.68 Å². The van der Waals surface area contributed by atoms with Crippen molar-refractivity contribution in [3.8, 4) is 5.69 Å². The SMILES string of the molecule is O=C(O)c1ccc(Cl)c(-n2cnnn2)c1. The molecule has 76 valence electrons. The zero-order valence-electron chi connectivity index (χ0n) is 7.33. The van der Waals surface area contributed by atoms with Gasteiger partial charge in [-0.1, -0.05) is 11.6 Å². The number of benzene rings is 1. The molecule has 0 amide bonds. The van der Waals surface area contributed by atoms with Crippen LogP contribution >= 0.6 is 11.6 Å². The van der Waals surface area contributed by atoms with E-state index in [2.05, 4.69) is 15.5 Å². The van der Waals surface area contributed by atoms with E-state index in [1.54, 1.807) is 0 Å². The zero-order chi connectivity index (χ0) is 10.8. The molecule has 0 saturated heterocycles. The molecule has 0 aliphatic carbocycles. The third kappa shape index (κ3) is 1.79. The number of hydrogen-bond donors (Lipinski definition) is 1. The van der Waals surface area contributed by atoms with Gasteiger partial charge in [-0.3, -0.25) is 0 Å². The van der Waals surface area contributed by atoms with Crippen LogP contribution in [0.25, 0.3) is 5.69 Å². The highest BCUT2D eigenvalue weighted by Gasteiger charge is 2.09. The zero-order valence-corrected chi connectivity index (χ0v) is 8.09. The number of halogens is 1. The molecule has 6 nitrogen and oxygen atoms in total. The summed E-state index contributed by atoms with van der Waals surface area (Å²) in [5.74, 6) is -1.03. The minimum Gasteiger partial charge on any atom is -0.478 e. The molecule has 1 aromatic carbocycles. The van der Waals surface area contributed by atoms with Crippen LogP contribution in [-0.2, 0) is 0 Å². The van der Waals surface area contributed by atoms with Crippen molar-refractivity contribution >= 4 is 17.6 Å². The average Bonchev–Trinajstić information content (AvgIpc) is 2.71. The lowest BCUT2D eigenvalue weighted by molar-refractivity contribution is 0.0697. The largest absolute Gasteiger partial charge is 0.478 e. The number of nitrogens with zero attached hydrogens (tertiary/aromatic N) is 4. The molecule has 0 aliphatic rings. The average molecular weight is 225 g/mol. The first-order chi connectivity index (χ1) is 7.18. The topological polar surface area (TPSA) is 80.9 Å². The Labute approximate surface area is 89.1 Å². The van der Waals surface area contributed by atoms with Gasteiger partial charge in [0, 0.05) is 0 Å². The van der Waals surface area contributed by atoms with Crippen LogP contribution in [0.5, 0.6) is 0 Å². The number of carbonyl (C=O) groups is 1. The highest BCUT2D eigenvalue weighted by molar-refractivity contribution is 6.32. The summed E-state index contributed by atoms with van der Waals surface area (Å²) in [6.07, 6.45) is 1.34. The smallest absolute Gasteiger partial charge is 0.335 e. The lowest BCUT2D eigenvalue weighted by Gasteiger charge is -2.03. The Morgan fingerprint density at radius 1 is 1.47 bits per heavy atom. The number of aromatic carboxylic acids is 1. The van der Waals surface area contributed by atoms with Crippen molar-refractivity contribution < 1.29 is 9.90 Å². The van der Waals surface area contributed by atoms with Crippen LogP contribution in [0.1, 0.15) is 10.4 Å². The first-order valence-electron chi connectivity index (χ1n) is 3.94. The molecule has 1 N–H and O–H groups in total. The van der Waals surface area contributed by atoms with Gasteiger partial charge < -0.3 is 5.11 Å². The number of aromatic nitrogens is 4. The molecule has 0 atom stereocenters. The standard InChI is InChI=1S/C8H5ClN4O2/c9-6-2-1-5(8(14)15)3-7(6)13-4-10-11-12-13/h1-4H,(H,14,15). The van der Waals surface area contributed by atoms with Crippen molar-refractivity contribution in [3.63, 3.8) is 0 Å². The van der Waals surface area contributed by atoms with E-state index in [1.165, 1.54) is 29.2 Å². The van der Waals surface area contributed by atoms with Gasteiger partial charge in [-0.25, -0.2) is 4.79 Å². The van der Waals surface area contributed by atoms with Gasteiger partial charge in [0.1, 0.15) is 6.33 Å².